The molecule has 0 saturated carbocycles. The molecule has 142 valence electrons. The molecule has 0 heterocycles. The zero-order valence-electron chi connectivity index (χ0n) is 14.3. The summed E-state index contributed by atoms with van der Waals surface area (Å²) in [5.41, 5.74) is 0.947. The number of amides is 2. The van der Waals surface area contributed by atoms with Gasteiger partial charge in [-0.15, -0.1) is 0 Å². The molecule has 2 amide bonds. The number of carboxylic acid groups (broad SMARTS) is 1. The fourth-order valence-electron chi connectivity index (χ4n) is 2.02. The van der Waals surface area contributed by atoms with Crippen molar-refractivity contribution in [3.8, 4) is 0 Å². The first kappa shape index (κ1) is 21.0. The molecule has 0 spiro atoms. The van der Waals surface area contributed by atoms with Crippen LogP contribution in [0.2, 0.25) is 0 Å². The maximum atomic E-state index is 12.9. The topological polar surface area (TPSA) is 95.5 Å². The Morgan fingerprint density at radius 2 is 1.89 bits per heavy atom. The van der Waals surface area contributed by atoms with Gasteiger partial charge in [-0.05, 0) is 0 Å². The van der Waals surface area contributed by atoms with Crippen molar-refractivity contribution in [1.29, 1.82) is 0 Å². The number of aliphatic carboxylic acids is 1. The van der Waals surface area contributed by atoms with Gasteiger partial charge in [0.05, 0.1) is 0 Å². The van der Waals surface area contributed by atoms with Crippen molar-refractivity contribution in [2.45, 2.75) is 13.0 Å². The van der Waals surface area contributed by atoms with Gasteiger partial charge in [0.1, 0.15) is 0 Å². The maximum absolute atomic E-state index is 12.9. The van der Waals surface area contributed by atoms with E-state index in [1.807, 2.05) is 6.07 Å². The van der Waals surface area contributed by atoms with Crippen LogP contribution in [-0.2, 0) is 9.59 Å². The van der Waals surface area contributed by atoms with Crippen LogP contribution in [0.25, 0.3) is 0 Å². The van der Waals surface area contributed by atoms with Crippen molar-refractivity contribution >= 4 is 51.9 Å². The van der Waals surface area contributed by atoms with Gasteiger partial charge in [0.15, 0.2) is 0 Å². The van der Waals surface area contributed by atoms with Gasteiger partial charge in [0, 0.05) is 0 Å². The zero-order valence-corrected chi connectivity index (χ0v) is 16.8. The van der Waals surface area contributed by atoms with Crippen LogP contribution in [-0.4, -0.2) is 48.5 Å². The van der Waals surface area contributed by atoms with Crippen molar-refractivity contribution in [3.05, 3.63) is 59.9 Å². The fraction of sp³-hybridized carbons (Fsp3) is 0.167. The van der Waals surface area contributed by atoms with E-state index in [1.165, 1.54) is 41.4 Å². The summed E-state index contributed by atoms with van der Waals surface area (Å²) < 4.78 is 13.8. The van der Waals surface area contributed by atoms with E-state index < -0.39 is 17.9 Å². The van der Waals surface area contributed by atoms with Gasteiger partial charge in [-0.25, -0.2) is 0 Å². The predicted octanol–water partition coefficient (Wildman–Crippen LogP) is 1.64. The number of carbonyl (C=O) groups excluding carboxylic acids is 2. The summed E-state index contributed by atoms with van der Waals surface area (Å²) in [7, 11) is 1.40. The summed E-state index contributed by atoms with van der Waals surface area (Å²) >= 11 is -0.127. The molecule has 0 aromatic heterocycles. The van der Waals surface area contributed by atoms with Crippen LogP contribution in [0.3, 0.4) is 0 Å². The molecule has 0 unspecified atom stereocenters. The SMILES string of the molecule is CC(=O)N[C@@H](CS[Se]c1cccc(C(=O)Nc2ccc(F)cc2)c1)C(=O)O. The van der Waals surface area contributed by atoms with Gasteiger partial charge in [0.2, 0.25) is 0 Å². The van der Waals surface area contributed by atoms with Gasteiger partial charge in [-0.1, -0.05) is 0 Å². The number of carboxylic acids is 1. The third-order valence-electron chi connectivity index (χ3n) is 3.26. The van der Waals surface area contributed by atoms with Gasteiger partial charge in [-0.3, -0.25) is 0 Å². The van der Waals surface area contributed by atoms with Crippen molar-refractivity contribution in [1.82, 2.24) is 5.32 Å². The van der Waals surface area contributed by atoms with Crippen LogP contribution in [0, 0.1) is 5.82 Å². The van der Waals surface area contributed by atoms with Crippen LogP contribution in [0.5, 0.6) is 0 Å². The van der Waals surface area contributed by atoms with E-state index in [9.17, 15) is 18.8 Å². The molecule has 9 heteroatoms. The molecule has 6 nitrogen and oxygen atoms in total. The van der Waals surface area contributed by atoms with Crippen molar-refractivity contribution in [3.63, 3.8) is 0 Å². The normalized spacial score (nSPS) is 11.5. The number of nitrogens with one attached hydrogen (secondary N) is 2. The number of benzene rings is 2. The quantitative estimate of drug-likeness (QED) is 0.527. The van der Waals surface area contributed by atoms with Gasteiger partial charge in [-0.2, -0.15) is 0 Å². The molecule has 0 aliphatic heterocycles. The van der Waals surface area contributed by atoms with Crippen LogP contribution in [0.15, 0.2) is 48.5 Å². The Labute approximate surface area is 165 Å². The minimum absolute atomic E-state index is 0.127. The van der Waals surface area contributed by atoms with E-state index in [-0.39, 0.29) is 31.3 Å². The second-order valence-electron chi connectivity index (χ2n) is 5.45. The average molecular weight is 455 g/mol. The minimum atomic E-state index is -1.08. The molecular weight excluding hydrogens is 438 g/mol. The third-order valence-corrected chi connectivity index (χ3v) is 7.39. The van der Waals surface area contributed by atoms with E-state index >= 15 is 0 Å². The summed E-state index contributed by atoms with van der Waals surface area (Å²) in [4.78, 5) is 34.5. The average Bonchev–Trinajstić information content (AvgIpc) is 2.62. The Morgan fingerprint density at radius 3 is 2.52 bits per heavy atom. The van der Waals surface area contributed by atoms with E-state index in [0.717, 1.165) is 4.46 Å². The van der Waals surface area contributed by atoms with Crippen molar-refractivity contribution in [2.75, 3.05) is 11.1 Å². The first-order valence-corrected chi connectivity index (χ1v) is 11.7. The second-order valence-corrected chi connectivity index (χ2v) is 9.71. The summed E-state index contributed by atoms with van der Waals surface area (Å²) in [5, 5.41) is 14.2. The van der Waals surface area contributed by atoms with Crippen LogP contribution in [0.4, 0.5) is 10.1 Å². The molecule has 3 N–H and O–H groups in total. The number of halogens is 1. The number of carbonyl (C=O) groups is 3. The zero-order chi connectivity index (χ0) is 19.8. The molecule has 0 aliphatic rings. The van der Waals surface area contributed by atoms with Crippen LogP contribution in [0.1, 0.15) is 17.3 Å². The van der Waals surface area contributed by atoms with Gasteiger partial charge >= 0.3 is 165 Å². The second kappa shape index (κ2) is 10.1. The Kier molecular flexibility index (Phi) is 7.84. The first-order chi connectivity index (χ1) is 12.8. The molecular formula is C18H17FN2O4SSe. The first-order valence-electron chi connectivity index (χ1n) is 7.81. The Morgan fingerprint density at radius 1 is 1.19 bits per heavy atom. The van der Waals surface area contributed by atoms with Crippen molar-refractivity contribution in [2.24, 2.45) is 0 Å². The summed E-state index contributed by atoms with van der Waals surface area (Å²) in [6.07, 6.45) is 0. The molecule has 0 bridgehead atoms. The van der Waals surface area contributed by atoms with E-state index in [0.29, 0.717) is 11.3 Å². The standard InChI is InChI=1S/C18H17FN2O4SSe/c1-11(22)20-16(18(24)25)10-26-27-15-4-2-3-12(9-15)17(23)21-14-7-5-13(19)6-8-14/h2-9,16H,10H2,1H3,(H,20,22)(H,21,23)(H,24,25)/t16-/m0/s1. The molecule has 0 aliphatic carbocycles. The Hall–Kier alpha value is -2.35. The molecule has 0 radical (unpaired) electrons. The fourth-order valence-corrected chi connectivity index (χ4v) is 5.91. The predicted molar refractivity (Wildman–Crippen MR) is 104 cm³/mol. The van der Waals surface area contributed by atoms with Gasteiger partial charge < -0.3 is 0 Å². The van der Waals surface area contributed by atoms with E-state index in [4.69, 9.17) is 5.11 Å². The van der Waals surface area contributed by atoms with E-state index in [2.05, 4.69) is 10.6 Å². The summed E-state index contributed by atoms with van der Waals surface area (Å²) in [6, 6.07) is 11.5. The molecule has 2 aromatic rings. The molecule has 1 atom stereocenters. The van der Waals surface area contributed by atoms with Crippen molar-refractivity contribution < 1.29 is 23.9 Å². The Bertz CT molecular complexity index is 832. The molecule has 0 saturated heterocycles. The van der Waals surface area contributed by atoms with Crippen LogP contribution < -0.4 is 15.1 Å². The van der Waals surface area contributed by atoms with Gasteiger partial charge in [0.25, 0.3) is 0 Å². The van der Waals surface area contributed by atoms with E-state index in [1.54, 1.807) is 18.2 Å². The molecule has 2 rings (SSSR count). The number of hydrogen-bond acceptors (Lipinski definition) is 4. The van der Waals surface area contributed by atoms with Crippen LogP contribution >= 0.6 is 10.2 Å². The summed E-state index contributed by atoms with van der Waals surface area (Å²) in [5.74, 6) is -1.93. The number of anilines is 1. The Balaban J connectivity index is 1.94. The third kappa shape index (κ3) is 7.05. The monoisotopic (exact) mass is 456 g/mol. The number of rotatable bonds is 8. The number of hydrogen-bond donors (Lipinski definition) is 3. The molecule has 2 aromatic carbocycles. The molecule has 27 heavy (non-hydrogen) atoms. The molecule has 0 fully saturated rings. The summed E-state index contributed by atoms with van der Waals surface area (Å²) in [6.45, 7) is 1.27.